The second kappa shape index (κ2) is 7.10. The summed E-state index contributed by atoms with van der Waals surface area (Å²) in [5, 5.41) is 15.3. The van der Waals surface area contributed by atoms with Crippen molar-refractivity contribution in [2.45, 2.75) is 13.0 Å². The highest BCUT2D eigenvalue weighted by atomic mass is 16.5. The Kier molecular flexibility index (Phi) is 4.50. The molecule has 1 unspecified atom stereocenters. The third kappa shape index (κ3) is 3.24. The summed E-state index contributed by atoms with van der Waals surface area (Å²) in [5.74, 6) is 0.815. The quantitative estimate of drug-likeness (QED) is 0.475. The molecule has 0 amide bonds. The largest absolute Gasteiger partial charge is 0.492 e. The summed E-state index contributed by atoms with van der Waals surface area (Å²) in [4.78, 5) is 0. The van der Waals surface area contributed by atoms with Gasteiger partial charge in [-0.1, -0.05) is 36.4 Å². The molecule has 0 aliphatic carbocycles. The molecule has 0 aliphatic heterocycles. The van der Waals surface area contributed by atoms with Gasteiger partial charge in [-0.3, -0.25) is 0 Å². The zero-order valence-corrected chi connectivity index (χ0v) is 14.6. The Morgan fingerprint density at radius 2 is 1.73 bits per heavy atom. The lowest BCUT2D eigenvalue weighted by atomic mass is 10.1. The highest BCUT2D eigenvalue weighted by Gasteiger charge is 2.08. The molecular formula is C22H21NO3. The SMILES string of the molecule is CC(O)c1ccccc1NCCOc1ccc2oc3ccccc3c2c1. The summed E-state index contributed by atoms with van der Waals surface area (Å²) in [7, 11) is 0. The van der Waals surface area contributed by atoms with Crippen molar-refractivity contribution in [3.05, 3.63) is 72.3 Å². The molecule has 0 aliphatic rings. The molecule has 0 bridgehead atoms. The van der Waals surface area contributed by atoms with E-state index in [9.17, 15) is 5.11 Å². The molecule has 4 nitrogen and oxygen atoms in total. The summed E-state index contributed by atoms with van der Waals surface area (Å²) >= 11 is 0. The molecule has 0 spiro atoms. The molecule has 3 aromatic carbocycles. The summed E-state index contributed by atoms with van der Waals surface area (Å²) in [6.45, 7) is 2.94. The van der Waals surface area contributed by atoms with Crippen LogP contribution < -0.4 is 10.1 Å². The predicted octanol–water partition coefficient (Wildman–Crippen LogP) is 5.13. The van der Waals surface area contributed by atoms with Gasteiger partial charge in [0, 0.05) is 28.6 Å². The van der Waals surface area contributed by atoms with Gasteiger partial charge in [0.1, 0.15) is 23.5 Å². The number of hydrogen-bond acceptors (Lipinski definition) is 4. The average molecular weight is 347 g/mol. The molecule has 0 saturated carbocycles. The van der Waals surface area contributed by atoms with Gasteiger partial charge in [0.2, 0.25) is 0 Å². The van der Waals surface area contributed by atoms with Crippen LogP contribution >= 0.6 is 0 Å². The second-order valence-electron chi connectivity index (χ2n) is 6.29. The van der Waals surface area contributed by atoms with E-state index in [1.54, 1.807) is 6.92 Å². The normalized spacial score (nSPS) is 12.4. The topological polar surface area (TPSA) is 54.6 Å². The Bertz CT molecular complexity index is 1040. The van der Waals surface area contributed by atoms with Crippen molar-refractivity contribution in [2.24, 2.45) is 0 Å². The Hall–Kier alpha value is -2.98. The first-order chi connectivity index (χ1) is 12.7. The summed E-state index contributed by atoms with van der Waals surface area (Å²) < 4.78 is 11.7. The Morgan fingerprint density at radius 1 is 0.962 bits per heavy atom. The van der Waals surface area contributed by atoms with Crippen LogP contribution in [-0.2, 0) is 0 Å². The number of anilines is 1. The number of hydrogen-bond donors (Lipinski definition) is 2. The number of rotatable bonds is 6. The van der Waals surface area contributed by atoms with Crippen LogP contribution in [0.4, 0.5) is 5.69 Å². The monoisotopic (exact) mass is 347 g/mol. The van der Waals surface area contributed by atoms with Gasteiger partial charge in [-0.2, -0.15) is 0 Å². The number of ether oxygens (including phenoxy) is 1. The van der Waals surface area contributed by atoms with Crippen LogP contribution in [0, 0.1) is 0 Å². The van der Waals surface area contributed by atoms with Gasteiger partial charge in [0.05, 0.1) is 6.10 Å². The first-order valence-electron chi connectivity index (χ1n) is 8.77. The van der Waals surface area contributed by atoms with Crippen LogP contribution in [0.1, 0.15) is 18.6 Å². The number of aliphatic hydroxyl groups is 1. The lowest BCUT2D eigenvalue weighted by Gasteiger charge is -2.14. The predicted molar refractivity (Wildman–Crippen MR) is 105 cm³/mol. The van der Waals surface area contributed by atoms with Gasteiger partial charge in [-0.15, -0.1) is 0 Å². The van der Waals surface area contributed by atoms with E-state index in [1.807, 2.05) is 60.7 Å². The minimum Gasteiger partial charge on any atom is -0.492 e. The van der Waals surface area contributed by atoms with Gasteiger partial charge in [-0.05, 0) is 37.3 Å². The molecule has 26 heavy (non-hydrogen) atoms. The van der Waals surface area contributed by atoms with Gasteiger partial charge < -0.3 is 19.6 Å². The summed E-state index contributed by atoms with van der Waals surface area (Å²) in [6, 6.07) is 21.7. The molecule has 4 heteroatoms. The fourth-order valence-corrected chi connectivity index (χ4v) is 3.17. The van der Waals surface area contributed by atoms with Gasteiger partial charge in [-0.25, -0.2) is 0 Å². The molecule has 1 heterocycles. The first-order valence-corrected chi connectivity index (χ1v) is 8.77. The highest BCUT2D eigenvalue weighted by Crippen LogP contribution is 2.31. The molecule has 0 fully saturated rings. The van der Waals surface area contributed by atoms with E-state index in [1.165, 1.54) is 0 Å². The van der Waals surface area contributed by atoms with E-state index >= 15 is 0 Å². The van der Waals surface area contributed by atoms with E-state index in [0.717, 1.165) is 38.9 Å². The zero-order chi connectivity index (χ0) is 17.9. The fraction of sp³-hybridized carbons (Fsp3) is 0.182. The van der Waals surface area contributed by atoms with Crippen molar-refractivity contribution in [1.82, 2.24) is 0 Å². The maximum atomic E-state index is 9.83. The van der Waals surface area contributed by atoms with Crippen LogP contribution in [0.3, 0.4) is 0 Å². The van der Waals surface area contributed by atoms with E-state index in [2.05, 4.69) is 11.4 Å². The zero-order valence-electron chi connectivity index (χ0n) is 14.6. The third-order valence-electron chi connectivity index (χ3n) is 4.45. The molecule has 2 N–H and O–H groups in total. The fourth-order valence-electron chi connectivity index (χ4n) is 3.17. The van der Waals surface area contributed by atoms with Crippen molar-refractivity contribution >= 4 is 27.6 Å². The maximum absolute atomic E-state index is 9.83. The Labute approximate surface area is 152 Å². The van der Waals surface area contributed by atoms with E-state index in [4.69, 9.17) is 9.15 Å². The van der Waals surface area contributed by atoms with Crippen LogP contribution in [0.25, 0.3) is 21.9 Å². The lowest BCUT2D eigenvalue weighted by Crippen LogP contribution is -2.13. The smallest absolute Gasteiger partial charge is 0.135 e. The average Bonchev–Trinajstić information content (AvgIpc) is 3.03. The van der Waals surface area contributed by atoms with Crippen LogP contribution in [0.15, 0.2) is 71.1 Å². The van der Waals surface area contributed by atoms with E-state index < -0.39 is 6.10 Å². The Balaban J connectivity index is 1.43. The molecule has 132 valence electrons. The molecule has 1 atom stereocenters. The van der Waals surface area contributed by atoms with Crippen molar-refractivity contribution < 1.29 is 14.3 Å². The van der Waals surface area contributed by atoms with Crippen LogP contribution in [0.2, 0.25) is 0 Å². The standard InChI is InChI=1S/C22H21NO3/c1-15(24)17-6-2-4-8-20(17)23-12-13-25-16-10-11-22-19(14-16)18-7-3-5-9-21(18)26-22/h2-11,14-15,23-24H,12-13H2,1H3. The molecular weight excluding hydrogens is 326 g/mol. The highest BCUT2D eigenvalue weighted by molar-refractivity contribution is 6.05. The van der Waals surface area contributed by atoms with E-state index in [0.29, 0.717) is 13.2 Å². The number of para-hydroxylation sites is 2. The van der Waals surface area contributed by atoms with Crippen molar-refractivity contribution in [1.29, 1.82) is 0 Å². The van der Waals surface area contributed by atoms with Crippen molar-refractivity contribution in [3.8, 4) is 5.75 Å². The summed E-state index contributed by atoms with van der Waals surface area (Å²) in [5.41, 5.74) is 3.57. The van der Waals surface area contributed by atoms with Crippen molar-refractivity contribution in [2.75, 3.05) is 18.5 Å². The molecule has 4 rings (SSSR count). The van der Waals surface area contributed by atoms with Gasteiger partial charge >= 0.3 is 0 Å². The van der Waals surface area contributed by atoms with Gasteiger partial charge in [0.15, 0.2) is 0 Å². The number of benzene rings is 3. The van der Waals surface area contributed by atoms with Crippen LogP contribution in [-0.4, -0.2) is 18.3 Å². The number of nitrogens with one attached hydrogen (secondary N) is 1. The second-order valence-corrected chi connectivity index (χ2v) is 6.29. The molecule has 0 radical (unpaired) electrons. The molecule has 1 aromatic heterocycles. The summed E-state index contributed by atoms with van der Waals surface area (Å²) in [6.07, 6.45) is -0.503. The number of fused-ring (bicyclic) bond motifs is 3. The molecule has 4 aromatic rings. The Morgan fingerprint density at radius 3 is 2.62 bits per heavy atom. The maximum Gasteiger partial charge on any atom is 0.135 e. The van der Waals surface area contributed by atoms with Crippen LogP contribution in [0.5, 0.6) is 5.75 Å². The van der Waals surface area contributed by atoms with E-state index in [-0.39, 0.29) is 0 Å². The van der Waals surface area contributed by atoms with Crippen molar-refractivity contribution in [3.63, 3.8) is 0 Å². The first kappa shape index (κ1) is 16.5. The number of aliphatic hydroxyl groups excluding tert-OH is 1. The minimum atomic E-state index is -0.503. The number of furan rings is 1. The third-order valence-corrected chi connectivity index (χ3v) is 4.45. The minimum absolute atomic E-state index is 0.503. The molecule has 0 saturated heterocycles. The lowest BCUT2D eigenvalue weighted by molar-refractivity contribution is 0.200. The van der Waals surface area contributed by atoms with Gasteiger partial charge in [0.25, 0.3) is 0 Å².